The number of rotatable bonds is 12. The number of hydrogen-bond acceptors (Lipinski definition) is 3. The molecule has 1 aliphatic heterocycles. The summed E-state index contributed by atoms with van der Waals surface area (Å²) in [5.74, 6) is 0. The fraction of sp³-hybridized carbons (Fsp3) is 0.500. The van der Waals surface area contributed by atoms with Gasteiger partial charge < -0.3 is 16.0 Å². The third-order valence-corrected chi connectivity index (χ3v) is 7.58. The lowest BCUT2D eigenvalue weighted by molar-refractivity contribution is 0.264. The first-order valence-corrected chi connectivity index (χ1v) is 16.5. The van der Waals surface area contributed by atoms with E-state index in [9.17, 15) is 4.79 Å². The van der Waals surface area contributed by atoms with Gasteiger partial charge in [0.25, 0.3) is 0 Å². The molecule has 0 aliphatic carbocycles. The van der Waals surface area contributed by atoms with Crippen molar-refractivity contribution in [2.45, 2.75) is 92.7 Å². The minimum Gasteiger partial charge on any atom is -0.359 e. The number of benzene rings is 1. The standard InChI is InChI=1S/C26H39N5OS.C8H12.C2H6/c1-3-5-11-21(10-4-2)20-28-25(33)29-18-14-22(15-19-29)31-24-13-7-6-12-23(24)30(26(31)32)17-9-8-16-27;1-4-6-7-8(3)5-2;1-2/h5-7,10-13,22H,3-4,8-9,14-20,27H2,1-2H3,(H,28,33);4-7H,2H2,1,3H3;1-2H3/b11-5-,21-10+;6-4-,8-7-;. The predicted octanol–water partition coefficient (Wildman–Crippen LogP) is 8.08. The topological polar surface area (TPSA) is 68.2 Å². The minimum absolute atomic E-state index is 0.101. The number of nitrogens with one attached hydrogen (secondary N) is 1. The third-order valence-electron chi connectivity index (χ3n) is 7.17. The van der Waals surface area contributed by atoms with Crippen LogP contribution in [-0.2, 0) is 6.54 Å². The van der Waals surface area contributed by atoms with E-state index in [-0.39, 0.29) is 11.7 Å². The second kappa shape index (κ2) is 22.4. The van der Waals surface area contributed by atoms with Gasteiger partial charge in [0.15, 0.2) is 5.11 Å². The number of aromatic nitrogens is 2. The number of unbranched alkanes of at least 4 members (excludes halogenated alkanes) is 1. The predicted molar refractivity (Wildman–Crippen MR) is 193 cm³/mol. The number of aryl methyl sites for hydroxylation is 1. The molecule has 0 saturated carbocycles. The Labute approximate surface area is 266 Å². The summed E-state index contributed by atoms with van der Waals surface area (Å²) < 4.78 is 3.94. The average Bonchev–Trinajstić information content (AvgIpc) is 3.33. The van der Waals surface area contributed by atoms with Crippen LogP contribution in [0.3, 0.4) is 0 Å². The highest BCUT2D eigenvalue weighted by molar-refractivity contribution is 7.80. The van der Waals surface area contributed by atoms with Crippen molar-refractivity contribution in [2.75, 3.05) is 26.2 Å². The third kappa shape index (κ3) is 12.5. The molecule has 0 radical (unpaired) electrons. The summed E-state index contributed by atoms with van der Waals surface area (Å²) in [4.78, 5) is 15.6. The van der Waals surface area contributed by atoms with Crippen LogP contribution in [0.25, 0.3) is 11.0 Å². The lowest BCUT2D eigenvalue weighted by atomic mass is 10.0. The number of nitrogens with zero attached hydrogens (tertiary/aromatic N) is 3. The number of nitrogens with two attached hydrogens (primary N) is 1. The van der Waals surface area contributed by atoms with Crippen molar-refractivity contribution in [3.8, 4) is 0 Å². The van der Waals surface area contributed by atoms with E-state index in [1.54, 1.807) is 0 Å². The Balaban J connectivity index is 0.000000801. The normalized spacial score (nSPS) is 14.4. The average molecular weight is 608 g/mol. The van der Waals surface area contributed by atoms with Gasteiger partial charge in [0.05, 0.1) is 11.0 Å². The summed E-state index contributed by atoms with van der Waals surface area (Å²) >= 11 is 5.69. The van der Waals surface area contributed by atoms with Crippen LogP contribution in [0.5, 0.6) is 0 Å². The first-order valence-electron chi connectivity index (χ1n) is 16.1. The van der Waals surface area contributed by atoms with Crippen LogP contribution >= 0.6 is 12.2 Å². The highest BCUT2D eigenvalue weighted by Gasteiger charge is 2.26. The molecule has 1 aliphatic rings. The first kappa shape index (κ1) is 37.9. The monoisotopic (exact) mass is 607 g/mol. The number of imidazole rings is 1. The van der Waals surface area contributed by atoms with Crippen LogP contribution in [0, 0.1) is 0 Å². The number of piperidine rings is 1. The zero-order chi connectivity index (χ0) is 32.0. The Hall–Kier alpha value is -3.16. The fourth-order valence-electron chi connectivity index (χ4n) is 4.88. The molecule has 1 saturated heterocycles. The molecule has 3 rings (SSSR count). The zero-order valence-electron chi connectivity index (χ0n) is 27.6. The number of thiocarbonyl (C=S) groups is 1. The van der Waals surface area contributed by atoms with Crippen molar-refractivity contribution in [1.29, 1.82) is 0 Å². The zero-order valence-corrected chi connectivity index (χ0v) is 28.5. The molecular weight excluding hydrogens is 550 g/mol. The molecule has 0 amide bonds. The molecule has 1 fully saturated rings. The molecule has 1 aromatic heterocycles. The van der Waals surface area contributed by atoms with Crippen molar-refractivity contribution in [3.63, 3.8) is 0 Å². The van der Waals surface area contributed by atoms with Crippen LogP contribution in [0.4, 0.5) is 0 Å². The number of hydrogen-bond donors (Lipinski definition) is 2. The fourth-order valence-corrected chi connectivity index (χ4v) is 5.13. The molecular formula is C36H57N5OS. The van der Waals surface area contributed by atoms with Gasteiger partial charge in [-0.15, -0.1) is 0 Å². The summed E-state index contributed by atoms with van der Waals surface area (Å²) in [6, 6.07) is 8.35. The summed E-state index contributed by atoms with van der Waals surface area (Å²) in [5.41, 5.74) is 10.3. The van der Waals surface area contributed by atoms with Crippen molar-refractivity contribution in [3.05, 3.63) is 95.0 Å². The summed E-state index contributed by atoms with van der Waals surface area (Å²) in [6.45, 7) is 19.8. The maximum Gasteiger partial charge on any atom is 0.329 e. The highest BCUT2D eigenvalue weighted by Crippen LogP contribution is 2.26. The first-order chi connectivity index (χ1) is 20.9. The molecule has 2 aromatic rings. The van der Waals surface area contributed by atoms with E-state index in [1.165, 1.54) is 11.1 Å². The molecule has 6 nitrogen and oxygen atoms in total. The molecule has 0 atom stereocenters. The molecule has 1 aromatic carbocycles. The lowest BCUT2D eigenvalue weighted by Crippen LogP contribution is -2.45. The molecule has 7 heteroatoms. The Kier molecular flexibility index (Phi) is 19.7. The Bertz CT molecular complexity index is 1270. The van der Waals surface area contributed by atoms with E-state index >= 15 is 0 Å². The maximum atomic E-state index is 13.4. The SMILES string of the molecule is C=C/C(C)=C\C=C/C.CC.CC/C=C\C(=C/CC)CNC(=S)N1CCC(n2c(=O)n(CCCCN)c3ccccc32)CC1. The molecule has 0 unspecified atom stereocenters. The van der Waals surface area contributed by atoms with Crippen molar-refractivity contribution in [2.24, 2.45) is 5.73 Å². The number of fused-ring (bicyclic) bond motifs is 1. The van der Waals surface area contributed by atoms with Crippen molar-refractivity contribution >= 4 is 28.4 Å². The smallest absolute Gasteiger partial charge is 0.329 e. The molecule has 0 bridgehead atoms. The van der Waals surface area contributed by atoms with Crippen molar-refractivity contribution in [1.82, 2.24) is 19.4 Å². The minimum atomic E-state index is 0.101. The quantitative estimate of drug-likeness (QED) is 0.145. The lowest BCUT2D eigenvalue weighted by Gasteiger charge is -2.34. The van der Waals surface area contributed by atoms with Gasteiger partial charge in [-0.1, -0.05) is 94.5 Å². The molecule has 0 spiro atoms. The van der Waals surface area contributed by atoms with E-state index < -0.39 is 0 Å². The van der Waals surface area contributed by atoms with Crippen LogP contribution in [-0.4, -0.2) is 45.3 Å². The number of para-hydroxylation sites is 2. The van der Waals surface area contributed by atoms with Gasteiger partial charge in [-0.3, -0.25) is 9.13 Å². The van der Waals surface area contributed by atoms with Crippen LogP contribution in [0.15, 0.2) is 89.3 Å². The Morgan fingerprint density at radius 2 is 1.79 bits per heavy atom. The van der Waals surface area contributed by atoms with E-state index in [1.807, 2.05) is 73.3 Å². The summed E-state index contributed by atoms with van der Waals surface area (Å²) in [7, 11) is 0. The van der Waals surface area contributed by atoms with Gasteiger partial charge in [0.1, 0.15) is 0 Å². The Morgan fingerprint density at radius 3 is 2.37 bits per heavy atom. The van der Waals surface area contributed by atoms with E-state index in [2.05, 4.69) is 61.0 Å². The molecule has 43 heavy (non-hydrogen) atoms. The van der Waals surface area contributed by atoms with E-state index in [0.29, 0.717) is 6.54 Å². The number of likely N-dealkylation sites (tertiary alicyclic amines) is 1. The summed E-state index contributed by atoms with van der Waals surface area (Å²) in [5, 5.41) is 4.23. The van der Waals surface area contributed by atoms with Crippen LogP contribution in [0.2, 0.25) is 0 Å². The molecule has 3 N–H and O–H groups in total. The van der Waals surface area contributed by atoms with E-state index in [0.717, 1.165) is 80.8 Å². The second-order valence-corrected chi connectivity index (χ2v) is 10.7. The van der Waals surface area contributed by atoms with Gasteiger partial charge in [-0.25, -0.2) is 4.79 Å². The molecule has 2 heterocycles. The largest absolute Gasteiger partial charge is 0.359 e. The van der Waals surface area contributed by atoms with E-state index in [4.69, 9.17) is 18.0 Å². The maximum absolute atomic E-state index is 13.4. The second-order valence-electron chi connectivity index (χ2n) is 10.3. The summed E-state index contributed by atoms with van der Waals surface area (Å²) in [6.07, 6.45) is 20.2. The number of allylic oxidation sites excluding steroid dienone is 7. The van der Waals surface area contributed by atoms with Gasteiger partial charge in [0, 0.05) is 32.2 Å². The van der Waals surface area contributed by atoms with Gasteiger partial charge in [0.2, 0.25) is 0 Å². The van der Waals surface area contributed by atoms with Crippen LogP contribution < -0.4 is 16.7 Å². The Morgan fingerprint density at radius 1 is 1.12 bits per heavy atom. The van der Waals surface area contributed by atoms with Gasteiger partial charge in [-0.05, 0) is 88.8 Å². The highest BCUT2D eigenvalue weighted by atomic mass is 32.1. The van der Waals surface area contributed by atoms with Gasteiger partial charge >= 0.3 is 5.69 Å². The van der Waals surface area contributed by atoms with Gasteiger partial charge in [-0.2, -0.15) is 0 Å². The van der Waals surface area contributed by atoms with Crippen LogP contribution in [0.1, 0.15) is 86.1 Å². The van der Waals surface area contributed by atoms with Crippen molar-refractivity contribution < 1.29 is 0 Å². The molecule has 238 valence electrons.